The van der Waals surface area contributed by atoms with Gasteiger partial charge in [0.25, 0.3) is 0 Å². The van der Waals surface area contributed by atoms with E-state index in [-0.39, 0.29) is 11.3 Å². The molecular weight excluding hydrogens is 412 g/mol. The Kier molecular flexibility index (Phi) is 5.38. The number of thiazole rings is 1. The second kappa shape index (κ2) is 8.10. The lowest BCUT2D eigenvalue weighted by molar-refractivity contribution is 0.402. The number of allylic oxidation sites excluding steroid dienone is 1. The predicted molar refractivity (Wildman–Crippen MR) is 111 cm³/mol. The molecule has 7 nitrogen and oxygen atoms in total. The smallest absolute Gasteiger partial charge is 0.210 e. The van der Waals surface area contributed by atoms with Crippen LogP contribution in [0.25, 0.3) is 15.8 Å². The van der Waals surface area contributed by atoms with E-state index < -0.39 is 5.25 Å². The summed E-state index contributed by atoms with van der Waals surface area (Å²) < 4.78 is 2.66. The van der Waals surface area contributed by atoms with E-state index in [2.05, 4.69) is 26.6 Å². The van der Waals surface area contributed by atoms with Crippen molar-refractivity contribution in [2.24, 2.45) is 0 Å². The number of nitriles is 1. The Morgan fingerprint density at radius 3 is 2.93 bits per heavy atom. The maximum absolute atomic E-state index is 10.7. The fourth-order valence-electron chi connectivity index (χ4n) is 2.54. The molecular formula is C18H14N6OS3. The monoisotopic (exact) mass is 426 g/mol. The van der Waals surface area contributed by atoms with Crippen LogP contribution in [0.15, 0.2) is 52.7 Å². The predicted octanol–water partition coefficient (Wildman–Crippen LogP) is 4.37. The van der Waals surface area contributed by atoms with Gasteiger partial charge >= 0.3 is 0 Å². The number of thiophene rings is 1. The fraction of sp³-hybridized carbons (Fsp3) is 0.167. The first-order valence-corrected chi connectivity index (χ1v) is 10.9. The SMILES string of the molecule is CC(Sc1nnnn1Cc1cccs1)/C(O)=C(\C#N)c1nc2ccccc2s1. The zero-order valence-corrected chi connectivity index (χ0v) is 17.1. The number of fused-ring (bicyclic) bond motifs is 1. The van der Waals surface area contributed by atoms with Gasteiger partial charge in [-0.05, 0) is 40.9 Å². The summed E-state index contributed by atoms with van der Waals surface area (Å²) in [5.41, 5.74) is 0.988. The van der Waals surface area contributed by atoms with Crippen molar-refractivity contribution in [2.75, 3.05) is 0 Å². The van der Waals surface area contributed by atoms with Crippen molar-refractivity contribution in [1.82, 2.24) is 25.2 Å². The zero-order chi connectivity index (χ0) is 19.5. The third-order valence-corrected chi connectivity index (χ3v) is 6.92. The summed E-state index contributed by atoms with van der Waals surface area (Å²) in [6, 6.07) is 13.7. The molecule has 4 rings (SSSR count). The molecule has 10 heteroatoms. The lowest BCUT2D eigenvalue weighted by Crippen LogP contribution is -2.08. The number of tetrazole rings is 1. The van der Waals surface area contributed by atoms with Gasteiger partial charge in [-0.25, -0.2) is 9.67 Å². The van der Waals surface area contributed by atoms with Crippen molar-refractivity contribution in [1.29, 1.82) is 5.26 Å². The summed E-state index contributed by atoms with van der Waals surface area (Å²) in [5, 5.41) is 34.8. The lowest BCUT2D eigenvalue weighted by atomic mass is 10.2. The van der Waals surface area contributed by atoms with Crippen molar-refractivity contribution in [3.8, 4) is 6.07 Å². The third kappa shape index (κ3) is 3.77. The Morgan fingerprint density at radius 1 is 1.32 bits per heavy atom. The summed E-state index contributed by atoms with van der Waals surface area (Å²) in [6.45, 7) is 2.38. The van der Waals surface area contributed by atoms with E-state index in [0.717, 1.165) is 15.1 Å². The summed E-state index contributed by atoms with van der Waals surface area (Å²) in [7, 11) is 0. The molecule has 0 aliphatic rings. The highest BCUT2D eigenvalue weighted by Crippen LogP contribution is 2.33. The molecule has 28 heavy (non-hydrogen) atoms. The Morgan fingerprint density at radius 2 is 2.18 bits per heavy atom. The minimum atomic E-state index is -0.408. The van der Waals surface area contributed by atoms with Crippen molar-refractivity contribution >= 4 is 50.2 Å². The van der Waals surface area contributed by atoms with Gasteiger partial charge in [0.1, 0.15) is 22.4 Å². The summed E-state index contributed by atoms with van der Waals surface area (Å²) >= 11 is 4.31. The van der Waals surface area contributed by atoms with E-state index in [4.69, 9.17) is 0 Å². The lowest BCUT2D eigenvalue weighted by Gasteiger charge is -2.11. The van der Waals surface area contributed by atoms with Crippen LogP contribution < -0.4 is 0 Å². The maximum Gasteiger partial charge on any atom is 0.210 e. The van der Waals surface area contributed by atoms with Crippen LogP contribution >= 0.6 is 34.4 Å². The summed E-state index contributed by atoms with van der Waals surface area (Å²) in [6.07, 6.45) is 0. The molecule has 0 amide bonds. The highest BCUT2D eigenvalue weighted by atomic mass is 32.2. The van der Waals surface area contributed by atoms with Crippen molar-refractivity contribution in [3.05, 3.63) is 57.4 Å². The van der Waals surface area contributed by atoms with Gasteiger partial charge in [-0.1, -0.05) is 30.0 Å². The molecule has 0 spiro atoms. The molecule has 1 atom stereocenters. The van der Waals surface area contributed by atoms with E-state index in [9.17, 15) is 10.4 Å². The van der Waals surface area contributed by atoms with E-state index in [1.165, 1.54) is 23.1 Å². The summed E-state index contributed by atoms with van der Waals surface area (Å²) in [5.74, 6) is -0.0303. The average molecular weight is 427 g/mol. The highest BCUT2D eigenvalue weighted by Gasteiger charge is 2.21. The number of hydrogen-bond donors (Lipinski definition) is 1. The first-order valence-electron chi connectivity index (χ1n) is 8.30. The molecule has 0 radical (unpaired) electrons. The second-order valence-electron chi connectivity index (χ2n) is 5.82. The van der Waals surface area contributed by atoms with Gasteiger partial charge in [0.05, 0.1) is 22.0 Å². The fourth-order valence-corrected chi connectivity index (χ4v) is 5.05. The van der Waals surface area contributed by atoms with Gasteiger partial charge in [0.2, 0.25) is 5.16 Å². The van der Waals surface area contributed by atoms with E-state index in [1.807, 2.05) is 48.7 Å². The number of thioether (sulfide) groups is 1. The minimum Gasteiger partial charge on any atom is -0.510 e. The van der Waals surface area contributed by atoms with Crippen LogP contribution in [0.2, 0.25) is 0 Å². The normalized spacial score (nSPS) is 13.3. The number of aliphatic hydroxyl groups is 1. The number of para-hydroxylation sites is 1. The largest absolute Gasteiger partial charge is 0.510 e. The molecule has 1 aromatic carbocycles. The van der Waals surface area contributed by atoms with Crippen LogP contribution in [-0.4, -0.2) is 35.5 Å². The Labute approximate surface area is 173 Å². The molecule has 140 valence electrons. The third-order valence-electron chi connectivity index (χ3n) is 3.93. The number of nitrogens with zero attached hydrogens (tertiary/aromatic N) is 6. The van der Waals surface area contributed by atoms with Gasteiger partial charge in [0.15, 0.2) is 0 Å². The number of aliphatic hydroxyl groups excluding tert-OH is 1. The quantitative estimate of drug-likeness (QED) is 0.278. The molecule has 0 saturated heterocycles. The topological polar surface area (TPSA) is 101 Å². The van der Waals surface area contributed by atoms with Crippen molar-refractivity contribution < 1.29 is 5.11 Å². The number of aromatic nitrogens is 5. The highest BCUT2D eigenvalue weighted by molar-refractivity contribution is 7.99. The maximum atomic E-state index is 10.7. The standard InChI is InChI=1S/C18H14N6OS3/c1-11(27-18-21-22-23-24(18)10-12-5-4-8-26-12)16(25)13(9-19)17-20-14-6-2-3-7-15(14)28-17/h2-8,11,25H,10H2,1H3/b16-13-. The number of rotatable bonds is 6. The van der Waals surface area contributed by atoms with Crippen LogP contribution in [0.5, 0.6) is 0 Å². The first kappa shape index (κ1) is 18.6. The molecule has 4 aromatic rings. The van der Waals surface area contributed by atoms with Crippen LogP contribution in [-0.2, 0) is 6.54 Å². The number of benzene rings is 1. The molecule has 1 N–H and O–H groups in total. The van der Waals surface area contributed by atoms with Gasteiger partial charge in [-0.15, -0.1) is 27.8 Å². The molecule has 0 bridgehead atoms. The number of hydrogen-bond acceptors (Lipinski definition) is 9. The van der Waals surface area contributed by atoms with Crippen LogP contribution in [0.4, 0.5) is 0 Å². The molecule has 3 heterocycles. The van der Waals surface area contributed by atoms with Gasteiger partial charge < -0.3 is 5.11 Å². The van der Waals surface area contributed by atoms with Crippen LogP contribution in [0.3, 0.4) is 0 Å². The average Bonchev–Trinajstić information content (AvgIpc) is 3.44. The molecule has 1 unspecified atom stereocenters. The van der Waals surface area contributed by atoms with Gasteiger partial charge in [-0.3, -0.25) is 0 Å². The van der Waals surface area contributed by atoms with Gasteiger partial charge in [0, 0.05) is 4.88 Å². The minimum absolute atomic E-state index is 0.0303. The Balaban J connectivity index is 1.59. The first-order chi connectivity index (χ1) is 13.7. The van der Waals surface area contributed by atoms with Gasteiger partial charge in [-0.2, -0.15) is 5.26 Å². The molecule has 3 aromatic heterocycles. The van der Waals surface area contributed by atoms with E-state index in [0.29, 0.717) is 16.7 Å². The van der Waals surface area contributed by atoms with Crippen molar-refractivity contribution in [2.45, 2.75) is 23.9 Å². The Hall–Kier alpha value is -2.74. The summed E-state index contributed by atoms with van der Waals surface area (Å²) in [4.78, 5) is 5.61. The zero-order valence-electron chi connectivity index (χ0n) is 14.7. The molecule has 0 saturated carbocycles. The van der Waals surface area contributed by atoms with E-state index >= 15 is 0 Å². The van der Waals surface area contributed by atoms with Crippen LogP contribution in [0, 0.1) is 11.3 Å². The Bertz CT molecular complexity index is 1140. The molecule has 0 fully saturated rings. The van der Waals surface area contributed by atoms with E-state index in [1.54, 1.807) is 16.0 Å². The molecule has 0 aliphatic carbocycles. The van der Waals surface area contributed by atoms with Crippen molar-refractivity contribution in [3.63, 3.8) is 0 Å². The second-order valence-corrected chi connectivity index (χ2v) is 9.19. The van der Waals surface area contributed by atoms with Crippen LogP contribution in [0.1, 0.15) is 16.8 Å². The molecule has 0 aliphatic heterocycles.